The van der Waals surface area contributed by atoms with E-state index in [9.17, 15) is 0 Å². The van der Waals surface area contributed by atoms with E-state index in [1.165, 1.54) is 0 Å². The molecule has 1 saturated heterocycles. The van der Waals surface area contributed by atoms with Gasteiger partial charge in [-0.2, -0.15) is 5.10 Å². The van der Waals surface area contributed by atoms with Crippen LogP contribution in [-0.2, 0) is 0 Å². The summed E-state index contributed by atoms with van der Waals surface area (Å²) in [5, 5.41) is 19.6. The maximum Gasteiger partial charge on any atom is 0.189 e. The van der Waals surface area contributed by atoms with Gasteiger partial charge in [0.1, 0.15) is 0 Å². The number of nitrogens with one attached hydrogen (secondary N) is 2. The second kappa shape index (κ2) is 6.75. The fourth-order valence-corrected chi connectivity index (χ4v) is 3.41. The van der Waals surface area contributed by atoms with Crippen molar-refractivity contribution in [1.29, 1.82) is 0 Å². The Morgan fingerprint density at radius 2 is 2.12 bits per heavy atom. The van der Waals surface area contributed by atoms with Crippen molar-refractivity contribution in [3.63, 3.8) is 0 Å². The zero-order valence-electron chi connectivity index (χ0n) is 14.7. The smallest absolute Gasteiger partial charge is 0.189 e. The zero-order chi connectivity index (χ0) is 18.1. The van der Waals surface area contributed by atoms with Crippen molar-refractivity contribution < 1.29 is 0 Å². The van der Waals surface area contributed by atoms with Crippen molar-refractivity contribution in [1.82, 2.24) is 30.7 Å². The molecule has 4 rings (SSSR count). The van der Waals surface area contributed by atoms with Gasteiger partial charge in [-0.25, -0.2) is 4.98 Å². The molecule has 0 spiro atoms. The highest BCUT2D eigenvalue weighted by Gasteiger charge is 2.23. The molecule has 1 aliphatic rings. The number of benzene rings is 1. The molecular formula is C17H23N9. The van der Waals surface area contributed by atoms with Crippen LogP contribution in [-0.4, -0.2) is 51.1 Å². The number of aromatic amines is 1. The van der Waals surface area contributed by atoms with E-state index in [4.69, 9.17) is 16.5 Å². The summed E-state index contributed by atoms with van der Waals surface area (Å²) < 4.78 is 0. The van der Waals surface area contributed by atoms with E-state index in [0.29, 0.717) is 29.3 Å². The van der Waals surface area contributed by atoms with Crippen molar-refractivity contribution in [2.75, 3.05) is 36.0 Å². The van der Waals surface area contributed by atoms with Crippen molar-refractivity contribution in [3.05, 3.63) is 18.2 Å². The number of anilines is 3. The maximum absolute atomic E-state index is 6.08. The highest BCUT2D eigenvalue weighted by molar-refractivity contribution is 5.91. The van der Waals surface area contributed by atoms with Crippen LogP contribution < -0.4 is 21.7 Å². The van der Waals surface area contributed by atoms with Crippen LogP contribution in [0.4, 0.5) is 17.5 Å². The van der Waals surface area contributed by atoms with Crippen LogP contribution in [0.2, 0.25) is 0 Å². The van der Waals surface area contributed by atoms with Crippen molar-refractivity contribution in [2.45, 2.75) is 25.8 Å². The first-order valence-corrected chi connectivity index (χ1v) is 8.88. The standard InChI is InChI=1S/C17H23N9/c1-2-3-11-9-26(7-6-20-11)17-15(19)24-25-16(21-17)10-4-5-13-12(8-10)14(18)23-22-13/h4-5,8,11,20H,2-3,6-7,9H2,1H3,(H2,19,24)(H3,18,22,23)/t11-/m1/s1. The minimum atomic E-state index is 0.356. The first-order valence-electron chi connectivity index (χ1n) is 8.88. The quantitative estimate of drug-likeness (QED) is 0.549. The molecule has 0 amide bonds. The van der Waals surface area contributed by atoms with Gasteiger partial charge in [-0.05, 0) is 24.6 Å². The first kappa shape index (κ1) is 16.5. The summed E-state index contributed by atoms with van der Waals surface area (Å²) in [6.45, 7) is 4.80. The van der Waals surface area contributed by atoms with Gasteiger partial charge < -0.3 is 21.7 Å². The van der Waals surface area contributed by atoms with Crippen molar-refractivity contribution >= 4 is 28.4 Å². The second-order valence-corrected chi connectivity index (χ2v) is 6.60. The van der Waals surface area contributed by atoms with E-state index in [-0.39, 0.29) is 0 Å². The van der Waals surface area contributed by atoms with E-state index < -0.39 is 0 Å². The summed E-state index contributed by atoms with van der Waals surface area (Å²) in [6.07, 6.45) is 2.26. The lowest BCUT2D eigenvalue weighted by molar-refractivity contribution is 0.429. The van der Waals surface area contributed by atoms with Crippen LogP contribution in [0, 0.1) is 0 Å². The van der Waals surface area contributed by atoms with Crippen LogP contribution in [0.5, 0.6) is 0 Å². The lowest BCUT2D eigenvalue weighted by Gasteiger charge is -2.34. The third-order valence-corrected chi connectivity index (χ3v) is 4.74. The molecule has 0 radical (unpaired) electrons. The number of nitrogens with zero attached hydrogens (tertiary/aromatic N) is 5. The van der Waals surface area contributed by atoms with E-state index in [0.717, 1.165) is 48.9 Å². The van der Waals surface area contributed by atoms with Gasteiger partial charge in [-0.1, -0.05) is 13.3 Å². The highest BCUT2D eigenvalue weighted by atomic mass is 15.3. The van der Waals surface area contributed by atoms with Crippen LogP contribution in [0.15, 0.2) is 18.2 Å². The average Bonchev–Trinajstić information content (AvgIpc) is 3.03. The Labute approximate surface area is 151 Å². The monoisotopic (exact) mass is 353 g/mol. The Morgan fingerprint density at radius 1 is 1.23 bits per heavy atom. The van der Waals surface area contributed by atoms with Gasteiger partial charge in [0.25, 0.3) is 0 Å². The van der Waals surface area contributed by atoms with E-state index in [2.05, 4.69) is 37.5 Å². The van der Waals surface area contributed by atoms with Gasteiger partial charge in [0.15, 0.2) is 23.3 Å². The van der Waals surface area contributed by atoms with Crippen molar-refractivity contribution in [2.24, 2.45) is 0 Å². The number of hydrogen-bond donors (Lipinski definition) is 4. The molecule has 3 aromatic rings. The van der Waals surface area contributed by atoms with E-state index in [1.54, 1.807) is 0 Å². The Kier molecular flexibility index (Phi) is 4.29. The number of H-pyrrole nitrogens is 1. The molecule has 0 unspecified atom stereocenters. The Morgan fingerprint density at radius 3 is 2.96 bits per heavy atom. The molecule has 3 heterocycles. The van der Waals surface area contributed by atoms with Crippen molar-refractivity contribution in [3.8, 4) is 11.4 Å². The molecule has 9 nitrogen and oxygen atoms in total. The predicted octanol–water partition coefficient (Wildman–Crippen LogP) is 1.16. The number of nitrogens with two attached hydrogens (primary N) is 2. The Bertz CT molecular complexity index is 918. The van der Waals surface area contributed by atoms with Crippen LogP contribution >= 0.6 is 0 Å². The molecule has 1 atom stereocenters. The SMILES string of the molecule is CCC[C@@H]1CN(c2nc(-c3ccc4[nH]nc(N)c4c3)nnc2N)CCN1. The summed E-state index contributed by atoms with van der Waals surface area (Å²) in [6, 6.07) is 6.20. The molecule has 0 saturated carbocycles. The molecule has 6 N–H and O–H groups in total. The fraction of sp³-hybridized carbons (Fsp3) is 0.412. The van der Waals surface area contributed by atoms with Gasteiger partial charge in [0.05, 0.1) is 5.52 Å². The van der Waals surface area contributed by atoms with Crippen LogP contribution in [0.1, 0.15) is 19.8 Å². The molecule has 1 aliphatic heterocycles. The van der Waals surface area contributed by atoms with E-state index in [1.807, 2.05) is 18.2 Å². The molecule has 26 heavy (non-hydrogen) atoms. The maximum atomic E-state index is 6.08. The molecule has 0 bridgehead atoms. The molecule has 0 aliphatic carbocycles. The lowest BCUT2D eigenvalue weighted by Crippen LogP contribution is -2.51. The van der Waals surface area contributed by atoms with Gasteiger partial charge in [0.2, 0.25) is 0 Å². The van der Waals surface area contributed by atoms with Crippen LogP contribution in [0.25, 0.3) is 22.3 Å². The third-order valence-electron chi connectivity index (χ3n) is 4.74. The number of piperazine rings is 1. The minimum Gasteiger partial charge on any atom is -0.382 e. The topological polar surface area (TPSA) is 135 Å². The summed E-state index contributed by atoms with van der Waals surface area (Å²) in [5.74, 6) is 2.03. The van der Waals surface area contributed by atoms with Gasteiger partial charge in [-0.3, -0.25) is 5.10 Å². The third kappa shape index (κ3) is 3.01. The lowest BCUT2D eigenvalue weighted by atomic mass is 10.1. The number of rotatable bonds is 4. The molecule has 9 heteroatoms. The van der Waals surface area contributed by atoms with E-state index >= 15 is 0 Å². The number of fused-ring (bicyclic) bond motifs is 1. The molecule has 2 aromatic heterocycles. The molecular weight excluding hydrogens is 330 g/mol. The second-order valence-electron chi connectivity index (χ2n) is 6.60. The zero-order valence-corrected chi connectivity index (χ0v) is 14.7. The Hall–Kier alpha value is -2.94. The minimum absolute atomic E-state index is 0.356. The predicted molar refractivity (Wildman–Crippen MR) is 103 cm³/mol. The highest BCUT2D eigenvalue weighted by Crippen LogP contribution is 2.27. The molecule has 136 valence electrons. The fourth-order valence-electron chi connectivity index (χ4n) is 3.41. The summed E-state index contributed by atoms with van der Waals surface area (Å²) in [4.78, 5) is 6.90. The summed E-state index contributed by atoms with van der Waals surface area (Å²) >= 11 is 0. The van der Waals surface area contributed by atoms with Gasteiger partial charge >= 0.3 is 0 Å². The normalized spacial score (nSPS) is 17.7. The largest absolute Gasteiger partial charge is 0.382 e. The Balaban J connectivity index is 1.68. The number of aromatic nitrogens is 5. The molecule has 1 fully saturated rings. The average molecular weight is 353 g/mol. The number of hydrogen-bond acceptors (Lipinski definition) is 8. The first-order chi connectivity index (χ1) is 12.7. The van der Waals surface area contributed by atoms with Gasteiger partial charge in [-0.15, -0.1) is 10.2 Å². The molecule has 1 aromatic carbocycles. The van der Waals surface area contributed by atoms with Crippen LogP contribution in [0.3, 0.4) is 0 Å². The summed E-state index contributed by atoms with van der Waals surface area (Å²) in [7, 11) is 0. The van der Waals surface area contributed by atoms with Gasteiger partial charge in [0, 0.05) is 36.6 Å². The number of nitrogen functional groups attached to an aromatic ring is 2. The summed E-state index contributed by atoms with van der Waals surface area (Å²) in [5.41, 5.74) is 13.7.